The van der Waals surface area contributed by atoms with E-state index in [1.165, 1.54) is 12.1 Å². The Bertz CT molecular complexity index is 800. The number of thiazole rings is 1. The van der Waals surface area contributed by atoms with Crippen molar-refractivity contribution in [1.29, 1.82) is 0 Å². The molecule has 2 aromatic heterocycles. The van der Waals surface area contributed by atoms with Gasteiger partial charge in [-0.25, -0.2) is 9.37 Å². The van der Waals surface area contributed by atoms with Crippen molar-refractivity contribution in [1.82, 2.24) is 10.3 Å². The maximum Gasteiger partial charge on any atom is 0.162 e. The van der Waals surface area contributed by atoms with Crippen molar-refractivity contribution in [2.24, 2.45) is 5.92 Å². The lowest BCUT2D eigenvalue weighted by Crippen LogP contribution is -2.26. The fraction of sp³-hybridized carbons (Fsp3) is 0.316. The molecule has 25 heavy (non-hydrogen) atoms. The van der Waals surface area contributed by atoms with Crippen molar-refractivity contribution in [3.8, 4) is 10.8 Å². The van der Waals surface area contributed by atoms with Gasteiger partial charge in [-0.15, -0.1) is 11.3 Å². The zero-order valence-electron chi connectivity index (χ0n) is 13.8. The fourth-order valence-electron chi connectivity index (χ4n) is 3.19. The molecule has 6 heteroatoms. The van der Waals surface area contributed by atoms with E-state index in [0.717, 1.165) is 54.7 Å². The average molecular weight is 357 g/mol. The Labute approximate surface area is 150 Å². The molecule has 4 rings (SSSR count). The van der Waals surface area contributed by atoms with Gasteiger partial charge in [0.1, 0.15) is 5.82 Å². The van der Waals surface area contributed by atoms with E-state index in [1.54, 1.807) is 17.6 Å². The van der Waals surface area contributed by atoms with E-state index in [-0.39, 0.29) is 5.82 Å². The molecular formula is C19H20FN3OS. The lowest BCUT2D eigenvalue weighted by Gasteiger charge is -2.18. The molecule has 3 heterocycles. The van der Waals surface area contributed by atoms with Crippen molar-refractivity contribution in [2.75, 3.05) is 24.5 Å². The summed E-state index contributed by atoms with van der Waals surface area (Å²) in [5.41, 5.74) is 2.15. The smallest absolute Gasteiger partial charge is 0.162 e. The molecule has 0 amide bonds. The van der Waals surface area contributed by atoms with E-state index in [0.29, 0.717) is 5.92 Å². The SMILES string of the molecule is Fc1ccc(N2CC[C@H](CNCc3csc(-c4ccco4)n3)C2)cc1. The highest BCUT2D eigenvalue weighted by Gasteiger charge is 2.22. The van der Waals surface area contributed by atoms with Gasteiger partial charge in [-0.05, 0) is 48.7 Å². The lowest BCUT2D eigenvalue weighted by atomic mass is 10.1. The number of nitrogens with one attached hydrogen (secondary N) is 1. The summed E-state index contributed by atoms with van der Waals surface area (Å²) in [4.78, 5) is 6.93. The fourth-order valence-corrected chi connectivity index (χ4v) is 3.98. The van der Waals surface area contributed by atoms with Gasteiger partial charge >= 0.3 is 0 Å². The minimum atomic E-state index is -0.182. The Morgan fingerprint density at radius 3 is 2.96 bits per heavy atom. The molecule has 1 atom stereocenters. The van der Waals surface area contributed by atoms with Gasteiger partial charge in [0.25, 0.3) is 0 Å². The molecular weight excluding hydrogens is 337 g/mol. The van der Waals surface area contributed by atoms with Gasteiger partial charge in [-0.2, -0.15) is 0 Å². The lowest BCUT2D eigenvalue weighted by molar-refractivity contribution is 0.514. The van der Waals surface area contributed by atoms with E-state index in [1.807, 2.05) is 24.3 Å². The van der Waals surface area contributed by atoms with Gasteiger partial charge < -0.3 is 14.6 Å². The summed E-state index contributed by atoms with van der Waals surface area (Å²) in [6, 6.07) is 10.6. The number of hydrogen-bond donors (Lipinski definition) is 1. The second-order valence-electron chi connectivity index (χ2n) is 6.33. The molecule has 1 aliphatic heterocycles. The second-order valence-corrected chi connectivity index (χ2v) is 7.19. The summed E-state index contributed by atoms with van der Waals surface area (Å²) in [6.45, 7) is 3.76. The monoisotopic (exact) mass is 357 g/mol. The summed E-state index contributed by atoms with van der Waals surface area (Å²) in [5, 5.41) is 6.51. The molecule has 0 radical (unpaired) electrons. The number of halogens is 1. The van der Waals surface area contributed by atoms with Gasteiger partial charge in [-0.3, -0.25) is 0 Å². The molecule has 0 bridgehead atoms. The highest BCUT2D eigenvalue weighted by molar-refractivity contribution is 7.13. The summed E-state index contributed by atoms with van der Waals surface area (Å²) in [6.07, 6.45) is 2.82. The number of nitrogens with zero attached hydrogens (tertiary/aromatic N) is 2. The summed E-state index contributed by atoms with van der Waals surface area (Å²) >= 11 is 1.61. The van der Waals surface area contributed by atoms with Crippen LogP contribution in [0.3, 0.4) is 0 Å². The van der Waals surface area contributed by atoms with E-state index >= 15 is 0 Å². The van der Waals surface area contributed by atoms with Crippen LogP contribution in [0.4, 0.5) is 10.1 Å². The summed E-state index contributed by atoms with van der Waals surface area (Å²) in [7, 11) is 0. The zero-order chi connectivity index (χ0) is 17.1. The van der Waals surface area contributed by atoms with Crippen molar-refractivity contribution >= 4 is 17.0 Å². The van der Waals surface area contributed by atoms with Crippen molar-refractivity contribution < 1.29 is 8.81 Å². The van der Waals surface area contributed by atoms with Crippen LogP contribution in [0.2, 0.25) is 0 Å². The first-order valence-electron chi connectivity index (χ1n) is 8.47. The minimum Gasteiger partial charge on any atom is -0.462 e. The predicted molar refractivity (Wildman–Crippen MR) is 98.2 cm³/mol. The van der Waals surface area contributed by atoms with Crippen LogP contribution in [-0.4, -0.2) is 24.6 Å². The van der Waals surface area contributed by atoms with Gasteiger partial charge in [0.05, 0.1) is 12.0 Å². The molecule has 0 spiro atoms. The molecule has 1 N–H and O–H groups in total. The topological polar surface area (TPSA) is 41.3 Å². The maximum atomic E-state index is 13.0. The number of anilines is 1. The normalized spacial score (nSPS) is 17.3. The van der Waals surface area contributed by atoms with Crippen LogP contribution in [-0.2, 0) is 6.54 Å². The van der Waals surface area contributed by atoms with Crippen LogP contribution >= 0.6 is 11.3 Å². The third-order valence-electron chi connectivity index (χ3n) is 4.50. The average Bonchev–Trinajstić information content (AvgIpc) is 3.37. The molecule has 130 valence electrons. The van der Waals surface area contributed by atoms with E-state index < -0.39 is 0 Å². The predicted octanol–water partition coefficient (Wildman–Crippen LogP) is 4.16. The van der Waals surface area contributed by atoms with Crippen LogP contribution < -0.4 is 10.2 Å². The van der Waals surface area contributed by atoms with Crippen molar-refractivity contribution in [3.63, 3.8) is 0 Å². The Hall–Kier alpha value is -2.18. The van der Waals surface area contributed by atoms with Gasteiger partial charge in [0, 0.05) is 37.2 Å². The highest BCUT2D eigenvalue weighted by atomic mass is 32.1. The Balaban J connectivity index is 1.25. The van der Waals surface area contributed by atoms with Gasteiger partial charge in [-0.1, -0.05) is 0 Å². The van der Waals surface area contributed by atoms with E-state index in [2.05, 4.69) is 20.6 Å². The molecule has 4 nitrogen and oxygen atoms in total. The number of hydrogen-bond acceptors (Lipinski definition) is 5. The molecule has 1 aromatic carbocycles. The third-order valence-corrected chi connectivity index (χ3v) is 5.41. The summed E-state index contributed by atoms with van der Waals surface area (Å²) in [5.74, 6) is 1.24. The first-order valence-corrected chi connectivity index (χ1v) is 9.35. The van der Waals surface area contributed by atoms with Crippen LogP contribution in [0.5, 0.6) is 0 Å². The first kappa shape index (κ1) is 16.3. The number of rotatable bonds is 6. The molecule has 0 aliphatic carbocycles. The van der Waals surface area contributed by atoms with Crippen molar-refractivity contribution in [3.05, 3.63) is 59.6 Å². The minimum absolute atomic E-state index is 0.182. The number of aromatic nitrogens is 1. The van der Waals surface area contributed by atoms with Gasteiger partial charge in [0.2, 0.25) is 0 Å². The van der Waals surface area contributed by atoms with Crippen LogP contribution in [0.25, 0.3) is 10.8 Å². The standard InChI is InChI=1S/C19H20FN3OS/c20-15-3-5-17(6-4-15)23-8-7-14(12-23)10-21-11-16-13-25-19(22-16)18-2-1-9-24-18/h1-6,9,13-14,21H,7-8,10-12H2/t14-/m1/s1. The Morgan fingerprint density at radius 1 is 1.28 bits per heavy atom. The molecule has 0 saturated carbocycles. The third kappa shape index (κ3) is 3.91. The van der Waals surface area contributed by atoms with E-state index in [9.17, 15) is 4.39 Å². The molecule has 0 unspecified atom stereocenters. The molecule has 1 saturated heterocycles. The quantitative estimate of drug-likeness (QED) is 0.719. The van der Waals surface area contributed by atoms with Crippen LogP contribution in [0, 0.1) is 11.7 Å². The Kier molecular flexibility index (Phi) is 4.81. The number of benzene rings is 1. The molecule has 1 aliphatic rings. The van der Waals surface area contributed by atoms with Crippen molar-refractivity contribution in [2.45, 2.75) is 13.0 Å². The van der Waals surface area contributed by atoms with Gasteiger partial charge in [0.15, 0.2) is 10.8 Å². The van der Waals surface area contributed by atoms with E-state index in [4.69, 9.17) is 4.42 Å². The zero-order valence-corrected chi connectivity index (χ0v) is 14.6. The molecule has 3 aromatic rings. The van der Waals surface area contributed by atoms with Crippen LogP contribution in [0.15, 0.2) is 52.5 Å². The summed E-state index contributed by atoms with van der Waals surface area (Å²) < 4.78 is 18.4. The number of furan rings is 1. The Morgan fingerprint density at radius 2 is 2.16 bits per heavy atom. The van der Waals surface area contributed by atoms with Crippen LogP contribution in [0.1, 0.15) is 12.1 Å². The first-order chi connectivity index (χ1) is 12.3. The maximum absolute atomic E-state index is 13.0. The second kappa shape index (κ2) is 7.37. The molecule has 1 fully saturated rings. The largest absolute Gasteiger partial charge is 0.462 e. The highest BCUT2D eigenvalue weighted by Crippen LogP contribution is 2.25.